The lowest BCUT2D eigenvalue weighted by Gasteiger charge is -2.43. The molecule has 1 aromatic carbocycles. The maximum atomic E-state index is 5.56. The van der Waals surface area contributed by atoms with Crippen LogP contribution in [0.4, 0.5) is 0 Å². The lowest BCUT2D eigenvalue weighted by molar-refractivity contribution is 0.0984. The van der Waals surface area contributed by atoms with Crippen LogP contribution in [0.3, 0.4) is 0 Å². The van der Waals surface area contributed by atoms with Gasteiger partial charge in [0, 0.05) is 18.6 Å². The first kappa shape index (κ1) is 16.3. The van der Waals surface area contributed by atoms with Gasteiger partial charge in [-0.25, -0.2) is 0 Å². The van der Waals surface area contributed by atoms with Gasteiger partial charge >= 0.3 is 0 Å². The van der Waals surface area contributed by atoms with E-state index in [1.165, 1.54) is 37.7 Å². The molecule has 0 aromatic heterocycles. The molecular formula is C18H30N2O. The highest BCUT2D eigenvalue weighted by Crippen LogP contribution is 2.31. The fourth-order valence-electron chi connectivity index (χ4n) is 3.34. The third kappa shape index (κ3) is 4.45. The van der Waals surface area contributed by atoms with Crippen molar-refractivity contribution in [3.63, 3.8) is 0 Å². The van der Waals surface area contributed by atoms with Crippen LogP contribution >= 0.6 is 0 Å². The Morgan fingerprint density at radius 3 is 2.62 bits per heavy atom. The summed E-state index contributed by atoms with van der Waals surface area (Å²) in [5.74, 6) is 0.969. The maximum Gasteiger partial charge on any atom is 0.119 e. The Labute approximate surface area is 129 Å². The topological polar surface area (TPSA) is 24.5 Å². The summed E-state index contributed by atoms with van der Waals surface area (Å²) in [5, 5.41) is 3.67. The van der Waals surface area contributed by atoms with Crippen LogP contribution in [0.5, 0.6) is 5.75 Å². The fourth-order valence-corrected chi connectivity index (χ4v) is 3.34. The van der Waals surface area contributed by atoms with Gasteiger partial charge in [-0.1, -0.05) is 31.4 Å². The van der Waals surface area contributed by atoms with Crippen molar-refractivity contribution in [1.29, 1.82) is 0 Å². The van der Waals surface area contributed by atoms with Gasteiger partial charge in [-0.3, -0.25) is 0 Å². The van der Waals surface area contributed by atoms with Gasteiger partial charge < -0.3 is 15.0 Å². The molecule has 1 fully saturated rings. The van der Waals surface area contributed by atoms with Crippen LogP contribution < -0.4 is 10.1 Å². The Balaban J connectivity index is 1.88. The molecule has 1 N–H and O–H groups in total. The van der Waals surface area contributed by atoms with Crippen molar-refractivity contribution in [1.82, 2.24) is 10.2 Å². The molecule has 118 valence electrons. The summed E-state index contributed by atoms with van der Waals surface area (Å²) in [6, 6.07) is 8.40. The van der Waals surface area contributed by atoms with Gasteiger partial charge in [-0.2, -0.15) is 0 Å². The number of ether oxygens (including phenoxy) is 1. The van der Waals surface area contributed by atoms with Gasteiger partial charge in [0.1, 0.15) is 5.75 Å². The molecule has 1 saturated carbocycles. The zero-order valence-corrected chi connectivity index (χ0v) is 13.8. The van der Waals surface area contributed by atoms with Crippen LogP contribution in [0, 0.1) is 0 Å². The van der Waals surface area contributed by atoms with E-state index in [9.17, 15) is 0 Å². The highest BCUT2D eigenvalue weighted by Gasteiger charge is 2.33. The lowest BCUT2D eigenvalue weighted by Crippen LogP contribution is -2.52. The van der Waals surface area contributed by atoms with E-state index in [4.69, 9.17) is 4.74 Å². The minimum absolute atomic E-state index is 0.343. The van der Waals surface area contributed by atoms with Crippen LogP contribution in [-0.2, 0) is 6.54 Å². The Kier molecular flexibility index (Phi) is 6.07. The van der Waals surface area contributed by atoms with E-state index in [-0.39, 0.29) is 0 Å². The normalized spacial score (nSPS) is 17.9. The molecule has 1 aliphatic carbocycles. The number of nitrogens with one attached hydrogen (secondary N) is 1. The Morgan fingerprint density at radius 1 is 1.19 bits per heavy atom. The zero-order chi connectivity index (χ0) is 15.1. The Hall–Kier alpha value is -1.06. The maximum absolute atomic E-state index is 5.56. The van der Waals surface area contributed by atoms with Crippen LogP contribution in [0.2, 0.25) is 0 Å². The van der Waals surface area contributed by atoms with E-state index in [2.05, 4.69) is 42.5 Å². The second kappa shape index (κ2) is 7.81. The number of hydrogen-bond acceptors (Lipinski definition) is 3. The van der Waals surface area contributed by atoms with Crippen LogP contribution in [0.1, 0.15) is 44.6 Å². The summed E-state index contributed by atoms with van der Waals surface area (Å²) in [6.07, 6.45) is 6.74. The molecule has 2 rings (SSSR count). The fraction of sp³-hybridized carbons (Fsp3) is 0.667. The molecule has 3 nitrogen and oxygen atoms in total. The minimum Gasteiger partial charge on any atom is -0.494 e. The molecule has 0 aliphatic heterocycles. The molecule has 0 radical (unpaired) electrons. The first-order valence-corrected chi connectivity index (χ1v) is 8.26. The molecule has 0 bridgehead atoms. The minimum atomic E-state index is 0.343. The average molecular weight is 290 g/mol. The zero-order valence-electron chi connectivity index (χ0n) is 13.8. The standard InChI is InChI=1S/C18H30N2O/c1-4-21-17-10-8-9-16(13-17)14-19-15-18(20(2)3)11-6-5-7-12-18/h8-10,13,19H,4-7,11-12,14-15H2,1-3H3. The second-order valence-corrected chi connectivity index (χ2v) is 6.36. The third-order valence-corrected chi connectivity index (χ3v) is 4.73. The summed E-state index contributed by atoms with van der Waals surface area (Å²) in [6.45, 7) is 4.73. The third-order valence-electron chi connectivity index (χ3n) is 4.73. The quantitative estimate of drug-likeness (QED) is 0.832. The van der Waals surface area contributed by atoms with Crippen molar-refractivity contribution >= 4 is 0 Å². The molecule has 21 heavy (non-hydrogen) atoms. The Morgan fingerprint density at radius 2 is 1.95 bits per heavy atom. The van der Waals surface area contributed by atoms with E-state index in [1.807, 2.05) is 13.0 Å². The number of benzene rings is 1. The predicted octanol–water partition coefficient (Wildman–Crippen LogP) is 3.44. The first-order chi connectivity index (χ1) is 10.2. The van der Waals surface area contributed by atoms with Gasteiger partial charge in [-0.05, 0) is 51.6 Å². The van der Waals surface area contributed by atoms with Gasteiger partial charge in [0.25, 0.3) is 0 Å². The monoisotopic (exact) mass is 290 g/mol. The summed E-state index contributed by atoms with van der Waals surface area (Å²) >= 11 is 0. The van der Waals surface area contributed by atoms with Crippen molar-refractivity contribution in [2.75, 3.05) is 27.2 Å². The van der Waals surface area contributed by atoms with Crippen molar-refractivity contribution in [2.45, 2.75) is 51.1 Å². The molecule has 0 atom stereocenters. The first-order valence-electron chi connectivity index (χ1n) is 8.26. The van der Waals surface area contributed by atoms with Crippen LogP contribution in [-0.4, -0.2) is 37.7 Å². The summed E-state index contributed by atoms with van der Waals surface area (Å²) in [7, 11) is 4.45. The van der Waals surface area contributed by atoms with Crippen molar-refractivity contribution in [3.8, 4) is 5.75 Å². The lowest BCUT2D eigenvalue weighted by atomic mass is 9.80. The van der Waals surface area contributed by atoms with Gasteiger partial charge in [0.05, 0.1) is 6.61 Å². The summed E-state index contributed by atoms with van der Waals surface area (Å²) < 4.78 is 5.56. The summed E-state index contributed by atoms with van der Waals surface area (Å²) in [4.78, 5) is 2.43. The van der Waals surface area contributed by atoms with Crippen LogP contribution in [0.15, 0.2) is 24.3 Å². The average Bonchev–Trinajstić information content (AvgIpc) is 2.49. The van der Waals surface area contributed by atoms with Crippen molar-refractivity contribution < 1.29 is 4.74 Å². The van der Waals surface area contributed by atoms with Gasteiger partial charge in [-0.15, -0.1) is 0 Å². The van der Waals surface area contributed by atoms with E-state index < -0.39 is 0 Å². The van der Waals surface area contributed by atoms with Crippen molar-refractivity contribution in [3.05, 3.63) is 29.8 Å². The number of likely N-dealkylation sites (N-methyl/N-ethyl adjacent to an activating group) is 1. The SMILES string of the molecule is CCOc1cccc(CNCC2(N(C)C)CCCCC2)c1. The Bertz CT molecular complexity index is 425. The number of hydrogen-bond donors (Lipinski definition) is 1. The van der Waals surface area contributed by atoms with Crippen LogP contribution in [0.25, 0.3) is 0 Å². The molecule has 0 spiro atoms. The van der Waals surface area contributed by atoms with E-state index in [0.717, 1.165) is 25.4 Å². The molecule has 0 amide bonds. The molecule has 1 aliphatic rings. The second-order valence-electron chi connectivity index (χ2n) is 6.36. The van der Waals surface area contributed by atoms with E-state index in [1.54, 1.807) is 0 Å². The molecule has 0 saturated heterocycles. The molecule has 0 unspecified atom stereocenters. The predicted molar refractivity (Wildman–Crippen MR) is 88.8 cm³/mol. The molecule has 0 heterocycles. The molecule has 1 aromatic rings. The number of rotatable bonds is 7. The molecule has 3 heteroatoms. The van der Waals surface area contributed by atoms with E-state index >= 15 is 0 Å². The van der Waals surface area contributed by atoms with Crippen molar-refractivity contribution in [2.24, 2.45) is 0 Å². The van der Waals surface area contributed by atoms with E-state index in [0.29, 0.717) is 5.54 Å². The van der Waals surface area contributed by atoms with Gasteiger partial charge in [0.15, 0.2) is 0 Å². The summed E-state index contributed by atoms with van der Waals surface area (Å²) in [5.41, 5.74) is 1.64. The molecular weight excluding hydrogens is 260 g/mol. The number of nitrogens with zero attached hydrogens (tertiary/aromatic N) is 1. The van der Waals surface area contributed by atoms with Gasteiger partial charge in [0.2, 0.25) is 0 Å². The highest BCUT2D eigenvalue weighted by molar-refractivity contribution is 5.28. The highest BCUT2D eigenvalue weighted by atomic mass is 16.5. The smallest absolute Gasteiger partial charge is 0.119 e. The largest absolute Gasteiger partial charge is 0.494 e.